The van der Waals surface area contributed by atoms with Crippen LogP contribution < -0.4 is 22.1 Å². The number of benzene rings is 2. The van der Waals surface area contributed by atoms with Crippen LogP contribution in [0.4, 0.5) is 10.1 Å². The normalized spacial score (nSPS) is 28.3. The second-order valence-electron chi connectivity index (χ2n) is 11.8. The number of carbonyl (C=O) groups is 3. The first-order valence-electron chi connectivity index (χ1n) is 13.2. The van der Waals surface area contributed by atoms with Gasteiger partial charge in [-0.25, -0.2) is 4.39 Å². The maximum atomic E-state index is 15.2. The molecule has 13 heteroatoms. The first-order chi connectivity index (χ1) is 20.0. The van der Waals surface area contributed by atoms with Gasteiger partial charge in [-0.15, -0.1) is 0 Å². The third kappa shape index (κ3) is 3.67. The largest absolute Gasteiger partial charge is 0.509 e. The number of fused-ring (bicyclic) bond motifs is 3. The molecule has 0 saturated heterocycles. The van der Waals surface area contributed by atoms with Gasteiger partial charge < -0.3 is 37.4 Å². The van der Waals surface area contributed by atoms with Crippen molar-refractivity contribution in [2.75, 3.05) is 33.1 Å². The van der Waals surface area contributed by atoms with Crippen molar-refractivity contribution in [1.82, 2.24) is 4.90 Å². The zero-order valence-corrected chi connectivity index (χ0v) is 23.9. The number of hydrogen-bond donors (Lipinski definition) is 6. The summed E-state index contributed by atoms with van der Waals surface area (Å²) in [5, 5.41) is 44.1. The molecule has 3 aliphatic carbocycles. The Bertz CT molecular complexity index is 1740. The summed E-state index contributed by atoms with van der Waals surface area (Å²) in [4.78, 5) is 43.4. The van der Waals surface area contributed by atoms with Crippen LogP contribution in [0.1, 0.15) is 17.5 Å². The summed E-state index contributed by atoms with van der Waals surface area (Å²) in [6.07, 6.45) is -0.812. The van der Waals surface area contributed by atoms with E-state index in [0.29, 0.717) is 5.56 Å². The van der Waals surface area contributed by atoms with E-state index < -0.39 is 86.2 Å². The highest BCUT2D eigenvalue weighted by Gasteiger charge is 2.74. The quantitative estimate of drug-likeness (QED) is 0.273. The molecule has 43 heavy (non-hydrogen) atoms. The Morgan fingerprint density at radius 2 is 1.70 bits per heavy atom. The van der Waals surface area contributed by atoms with Gasteiger partial charge >= 0.3 is 0 Å². The molecule has 0 heterocycles. The third-order valence-corrected chi connectivity index (χ3v) is 8.90. The molecule has 2 aromatic rings. The van der Waals surface area contributed by atoms with Gasteiger partial charge in [0.2, 0.25) is 0 Å². The summed E-state index contributed by atoms with van der Waals surface area (Å²) in [5.74, 6) is -7.92. The van der Waals surface area contributed by atoms with Crippen molar-refractivity contribution >= 4 is 28.9 Å². The molecule has 4 atom stereocenters. The van der Waals surface area contributed by atoms with E-state index in [9.17, 15) is 35.0 Å². The molecule has 0 aliphatic heterocycles. The van der Waals surface area contributed by atoms with Crippen molar-refractivity contribution in [1.29, 1.82) is 5.26 Å². The third-order valence-electron chi connectivity index (χ3n) is 8.90. The molecule has 9 N–H and O–H groups in total. The summed E-state index contributed by atoms with van der Waals surface area (Å²) < 4.78 is 15.2. The summed E-state index contributed by atoms with van der Waals surface area (Å²) in [6, 6.07) is 8.28. The van der Waals surface area contributed by atoms with E-state index in [1.807, 2.05) is 19.0 Å². The minimum Gasteiger partial charge on any atom is -0.509 e. The first kappa shape index (κ1) is 29.7. The van der Waals surface area contributed by atoms with Crippen LogP contribution in [0.2, 0.25) is 0 Å². The number of ketones is 2. The van der Waals surface area contributed by atoms with Crippen molar-refractivity contribution in [2.45, 2.75) is 30.0 Å². The molecule has 0 bridgehead atoms. The highest BCUT2D eigenvalue weighted by Crippen LogP contribution is 2.59. The lowest BCUT2D eigenvalue weighted by atomic mass is 9.47. The van der Waals surface area contributed by atoms with Gasteiger partial charge in [0.05, 0.1) is 34.3 Å². The number of nitrogens with zero attached hydrogens (tertiary/aromatic N) is 3. The lowest BCUT2D eigenvalue weighted by Gasteiger charge is -2.58. The number of phenols is 1. The molecule has 0 unspecified atom stereocenters. The second kappa shape index (κ2) is 9.37. The van der Waals surface area contributed by atoms with Crippen molar-refractivity contribution in [2.24, 2.45) is 22.6 Å². The number of phenolic OH excluding ortho intramolecular Hbond substituents is 1. The van der Waals surface area contributed by atoms with E-state index in [4.69, 9.17) is 17.2 Å². The number of anilines is 1. The number of carbonyl (C=O) groups excluding carboxylic acids is 3. The molecule has 2 aromatic carbocycles. The highest BCUT2D eigenvalue weighted by atomic mass is 19.1. The zero-order valence-electron chi connectivity index (χ0n) is 23.9. The fourth-order valence-electron chi connectivity index (χ4n) is 7.06. The van der Waals surface area contributed by atoms with Crippen LogP contribution >= 0.6 is 0 Å². The lowest BCUT2D eigenvalue weighted by molar-refractivity contribution is -0.139. The topological polar surface area (TPSA) is 220 Å². The van der Waals surface area contributed by atoms with Crippen molar-refractivity contribution in [3.05, 3.63) is 64.2 Å². The maximum Gasteiger partial charge on any atom is 0.255 e. The van der Waals surface area contributed by atoms with Crippen LogP contribution in [0, 0.1) is 22.6 Å². The second-order valence-corrected chi connectivity index (χ2v) is 11.8. The molecule has 1 fully saturated rings. The van der Waals surface area contributed by atoms with Crippen LogP contribution in [-0.4, -0.2) is 83.0 Å². The molecular weight excluding hydrogens is 559 g/mol. The Balaban J connectivity index is 1.85. The van der Waals surface area contributed by atoms with E-state index in [1.165, 1.54) is 19.0 Å². The van der Waals surface area contributed by atoms with Crippen molar-refractivity contribution in [3.63, 3.8) is 0 Å². The summed E-state index contributed by atoms with van der Waals surface area (Å²) in [7, 11) is 6.56. The van der Waals surface area contributed by atoms with Crippen molar-refractivity contribution < 1.29 is 34.1 Å². The predicted molar refractivity (Wildman–Crippen MR) is 154 cm³/mol. The monoisotopic (exact) mass is 590 g/mol. The first-order valence-corrected chi connectivity index (χ1v) is 13.2. The molecule has 12 nitrogen and oxygen atoms in total. The molecule has 0 radical (unpaired) electrons. The molecule has 1 saturated carbocycles. The number of hydrogen-bond acceptors (Lipinski definition) is 11. The van der Waals surface area contributed by atoms with E-state index in [1.54, 1.807) is 30.3 Å². The molecule has 0 spiro atoms. The standard InChI is InChI=1S/C30H31FN6O6/c1-36(2)14-7-5-13(6-8-14)15-9-17(31)21(38)18-16(15)10-28(34)11-30(35)24(37(3)4)23(40)19(27(33)43)25(41)29(30,12-32)26(42)20(28)22(18)39/h5-9,24,38-39,41H,10-11,34-35H2,1-4H3,(H2,33,43)/t24-,28-,29+,30-/m1/s1. The van der Waals surface area contributed by atoms with Gasteiger partial charge in [0.1, 0.15) is 17.1 Å². The maximum absolute atomic E-state index is 15.2. The van der Waals surface area contributed by atoms with Crippen LogP contribution in [0.3, 0.4) is 0 Å². The molecule has 0 aromatic heterocycles. The number of aromatic hydroxyl groups is 1. The van der Waals surface area contributed by atoms with Crippen LogP contribution in [0.5, 0.6) is 5.75 Å². The number of nitriles is 1. The summed E-state index contributed by atoms with van der Waals surface area (Å²) in [6.45, 7) is 0. The predicted octanol–water partition coefficient (Wildman–Crippen LogP) is 0.778. The molecule has 5 rings (SSSR count). The fraction of sp³-hybridized carbons (Fsp3) is 0.333. The minimum absolute atomic E-state index is 0.197. The minimum atomic E-state index is -2.79. The van der Waals surface area contributed by atoms with Crippen LogP contribution in [0.25, 0.3) is 16.9 Å². The Morgan fingerprint density at radius 3 is 2.21 bits per heavy atom. The lowest BCUT2D eigenvalue weighted by Crippen LogP contribution is -2.80. The SMILES string of the molecule is CN(C)c1ccc(-c2cc(F)c(O)c3c2C[C@@]2(N)C[C@@]4(N)[C@H](N(C)C)C(=O)C(C(N)=O)=C(O)[C@@]4(C#N)C(=O)C2=C3O)cc1. The van der Waals surface area contributed by atoms with Gasteiger partial charge in [0.15, 0.2) is 28.5 Å². The van der Waals surface area contributed by atoms with Crippen LogP contribution in [-0.2, 0) is 20.8 Å². The molecular formula is C30H31FN6O6. The van der Waals surface area contributed by atoms with E-state index in [0.717, 1.165) is 11.8 Å². The van der Waals surface area contributed by atoms with Gasteiger partial charge in [-0.05, 0) is 61.8 Å². The number of Topliss-reactive ketones (excluding diaryl/α,β-unsaturated/α-hetero) is 2. The van der Waals surface area contributed by atoms with Crippen LogP contribution in [0.15, 0.2) is 47.2 Å². The number of amides is 1. The Kier molecular flexibility index (Phi) is 6.47. The number of aliphatic hydroxyl groups excluding tert-OH is 2. The Labute approximate surface area is 246 Å². The number of likely N-dealkylation sites (N-methyl/N-ethyl adjacent to an activating group) is 1. The Hall–Kier alpha value is -4.77. The van der Waals surface area contributed by atoms with Gasteiger partial charge in [-0.3, -0.25) is 19.3 Å². The molecule has 1 amide bonds. The number of aliphatic hydroxyl groups is 2. The van der Waals surface area contributed by atoms with Crippen molar-refractivity contribution in [3.8, 4) is 22.9 Å². The van der Waals surface area contributed by atoms with Gasteiger partial charge in [0.25, 0.3) is 5.91 Å². The van der Waals surface area contributed by atoms with Gasteiger partial charge in [-0.1, -0.05) is 12.1 Å². The average Bonchev–Trinajstić information content (AvgIpc) is 2.89. The number of primary amides is 1. The van der Waals surface area contributed by atoms with E-state index in [2.05, 4.69) is 0 Å². The molecule has 224 valence electrons. The van der Waals surface area contributed by atoms with E-state index in [-0.39, 0.29) is 17.5 Å². The number of nitrogens with two attached hydrogens (primary N) is 3. The summed E-state index contributed by atoms with van der Waals surface area (Å²) >= 11 is 0. The van der Waals surface area contributed by atoms with E-state index >= 15 is 4.39 Å². The highest BCUT2D eigenvalue weighted by molar-refractivity contribution is 6.25. The Morgan fingerprint density at radius 1 is 1.09 bits per heavy atom. The smallest absolute Gasteiger partial charge is 0.255 e. The average molecular weight is 591 g/mol. The molecule has 3 aliphatic rings. The van der Waals surface area contributed by atoms with Gasteiger partial charge in [0, 0.05) is 19.8 Å². The van der Waals surface area contributed by atoms with Gasteiger partial charge in [-0.2, -0.15) is 5.26 Å². The number of halogens is 1. The zero-order chi connectivity index (χ0) is 32.0. The fourth-order valence-corrected chi connectivity index (χ4v) is 7.06. The summed E-state index contributed by atoms with van der Waals surface area (Å²) in [5.41, 5.74) is 12.1. The number of rotatable bonds is 4.